The van der Waals surface area contributed by atoms with Gasteiger partial charge in [-0.05, 0) is 60.4 Å². The van der Waals surface area contributed by atoms with E-state index in [-0.39, 0.29) is 5.82 Å². The third-order valence-electron chi connectivity index (χ3n) is 5.66. The lowest BCUT2D eigenvalue weighted by Gasteiger charge is -2.34. The van der Waals surface area contributed by atoms with Gasteiger partial charge in [-0.3, -0.25) is 9.59 Å². The lowest BCUT2D eigenvalue weighted by atomic mass is 9.84. The highest BCUT2D eigenvalue weighted by molar-refractivity contribution is 5.94. The third-order valence-corrected chi connectivity index (χ3v) is 5.66. The molecule has 164 valence electrons. The first kappa shape index (κ1) is 21.5. The quantitative estimate of drug-likeness (QED) is 0.622. The maximum atomic E-state index is 13.6. The van der Waals surface area contributed by atoms with Crippen molar-refractivity contribution >= 4 is 11.8 Å². The van der Waals surface area contributed by atoms with Crippen molar-refractivity contribution in [3.8, 4) is 11.5 Å². The summed E-state index contributed by atoms with van der Waals surface area (Å²) < 4.78 is 18.8. The van der Waals surface area contributed by atoms with Crippen molar-refractivity contribution in [3.05, 3.63) is 95.8 Å². The van der Waals surface area contributed by atoms with E-state index in [2.05, 4.69) is 0 Å². The number of nitrogens with zero attached hydrogens (tertiary/aromatic N) is 1. The van der Waals surface area contributed by atoms with Crippen LogP contribution in [0.3, 0.4) is 0 Å². The van der Waals surface area contributed by atoms with Crippen molar-refractivity contribution in [3.63, 3.8) is 0 Å². The Balaban J connectivity index is 1.68. The van der Waals surface area contributed by atoms with Gasteiger partial charge in [0.1, 0.15) is 23.4 Å². The number of benzene rings is 3. The summed E-state index contributed by atoms with van der Waals surface area (Å²) in [6.45, 7) is 0.341. The van der Waals surface area contributed by atoms with E-state index in [0.29, 0.717) is 42.0 Å². The van der Waals surface area contributed by atoms with Gasteiger partial charge >= 0.3 is 0 Å². The molecule has 3 aromatic carbocycles. The summed E-state index contributed by atoms with van der Waals surface area (Å²) in [5.74, 6) is -0.642. The van der Waals surface area contributed by atoms with E-state index in [1.54, 1.807) is 54.6 Å². The monoisotopic (exact) mass is 434 g/mol. The summed E-state index contributed by atoms with van der Waals surface area (Å²) in [7, 11) is 0. The molecule has 32 heavy (non-hydrogen) atoms. The normalized spacial score (nSPS) is 17.6. The molecule has 4 rings (SSSR count). The predicted molar refractivity (Wildman–Crippen MR) is 116 cm³/mol. The maximum Gasteiger partial charge on any atom is 0.264 e. The number of nitrogens with two attached hydrogens (primary N) is 1. The van der Waals surface area contributed by atoms with Crippen molar-refractivity contribution in [2.24, 2.45) is 5.73 Å². The van der Waals surface area contributed by atoms with Gasteiger partial charge < -0.3 is 20.5 Å². The fourth-order valence-electron chi connectivity index (χ4n) is 4.01. The lowest BCUT2D eigenvalue weighted by molar-refractivity contribution is -0.151. The van der Waals surface area contributed by atoms with Crippen LogP contribution in [0.2, 0.25) is 0 Å². The molecule has 6 nitrogen and oxygen atoms in total. The second-order valence-electron chi connectivity index (χ2n) is 7.72. The molecule has 2 atom stereocenters. The van der Waals surface area contributed by atoms with Gasteiger partial charge in [0, 0.05) is 6.54 Å². The Hall–Kier alpha value is -3.71. The molecule has 1 fully saturated rings. The number of amides is 2. The van der Waals surface area contributed by atoms with Crippen LogP contribution in [0.15, 0.2) is 78.9 Å². The summed E-state index contributed by atoms with van der Waals surface area (Å²) in [4.78, 5) is 26.8. The number of carbonyl (C=O) groups excluding carboxylic acids is 2. The summed E-state index contributed by atoms with van der Waals surface area (Å²) >= 11 is 0. The number of hydrogen-bond acceptors (Lipinski definition) is 4. The van der Waals surface area contributed by atoms with Crippen LogP contribution < -0.4 is 10.5 Å². The minimum Gasteiger partial charge on any atom is -0.457 e. The minimum atomic E-state index is -2.01. The topological polar surface area (TPSA) is 92.9 Å². The van der Waals surface area contributed by atoms with E-state index < -0.39 is 23.5 Å². The molecule has 0 aromatic heterocycles. The molecule has 7 heteroatoms. The number of ether oxygens (including phenoxy) is 1. The molecule has 0 spiro atoms. The molecule has 3 N–H and O–H groups in total. The Labute approximate surface area is 185 Å². The first-order valence-corrected chi connectivity index (χ1v) is 10.3. The summed E-state index contributed by atoms with van der Waals surface area (Å²) in [5, 5.41) is 11.8. The zero-order valence-corrected chi connectivity index (χ0v) is 17.3. The molecule has 3 aromatic rings. The number of likely N-dealkylation sites (tertiary alicyclic amines) is 1. The smallest absolute Gasteiger partial charge is 0.264 e. The number of hydrogen-bond donors (Lipinski definition) is 2. The van der Waals surface area contributed by atoms with Gasteiger partial charge in [0.25, 0.3) is 5.91 Å². The Morgan fingerprint density at radius 2 is 1.50 bits per heavy atom. The molecule has 2 amide bonds. The second kappa shape index (κ2) is 8.80. The summed E-state index contributed by atoms with van der Waals surface area (Å²) in [5.41, 5.74) is 4.20. The van der Waals surface area contributed by atoms with Crippen LogP contribution in [0.4, 0.5) is 4.39 Å². The van der Waals surface area contributed by atoms with Crippen molar-refractivity contribution in [2.75, 3.05) is 6.54 Å². The molecule has 0 aliphatic carbocycles. The number of halogens is 1. The summed E-state index contributed by atoms with van der Waals surface area (Å²) in [6, 6.07) is 19.9. The van der Waals surface area contributed by atoms with E-state index >= 15 is 0 Å². The predicted octanol–water partition coefficient (Wildman–Crippen LogP) is 3.33. The fourth-order valence-corrected chi connectivity index (χ4v) is 4.01. The molecule has 1 unspecified atom stereocenters. The summed E-state index contributed by atoms with van der Waals surface area (Å²) in [6.07, 6.45) is 1.10. The Kier molecular flexibility index (Phi) is 5.92. The molecule has 1 aliphatic heterocycles. The molecular weight excluding hydrogens is 411 g/mol. The number of primary amides is 1. The van der Waals surface area contributed by atoms with Crippen molar-refractivity contribution in [1.29, 1.82) is 0 Å². The van der Waals surface area contributed by atoms with Crippen LogP contribution in [0.5, 0.6) is 11.5 Å². The van der Waals surface area contributed by atoms with Gasteiger partial charge in [0.15, 0.2) is 5.60 Å². The van der Waals surface area contributed by atoms with E-state index in [9.17, 15) is 19.1 Å². The van der Waals surface area contributed by atoms with Crippen LogP contribution in [-0.4, -0.2) is 34.4 Å². The zero-order chi connectivity index (χ0) is 22.7. The van der Waals surface area contributed by atoms with Crippen LogP contribution in [0, 0.1) is 5.82 Å². The average molecular weight is 434 g/mol. The van der Waals surface area contributed by atoms with E-state index in [4.69, 9.17) is 10.5 Å². The van der Waals surface area contributed by atoms with Crippen LogP contribution >= 0.6 is 0 Å². The first-order valence-electron chi connectivity index (χ1n) is 10.3. The van der Waals surface area contributed by atoms with Crippen LogP contribution in [0.1, 0.15) is 24.0 Å². The second-order valence-corrected chi connectivity index (χ2v) is 7.72. The van der Waals surface area contributed by atoms with E-state index in [0.717, 1.165) is 0 Å². The first-order chi connectivity index (χ1) is 15.4. The van der Waals surface area contributed by atoms with Gasteiger partial charge in [-0.2, -0.15) is 0 Å². The molecule has 1 aliphatic rings. The average Bonchev–Trinajstić information content (AvgIpc) is 3.31. The third kappa shape index (κ3) is 4.07. The maximum absolute atomic E-state index is 13.6. The largest absolute Gasteiger partial charge is 0.457 e. The minimum absolute atomic E-state index is 0.329. The highest BCUT2D eigenvalue weighted by Crippen LogP contribution is 2.35. The SMILES string of the molecule is NC(=O)C1CCCN1C(=O)[C@@](O)(c1ccccc1)c1ccc(Oc2ccc(F)cc2)cc1. The standard InChI is InChI=1S/C25H23FN2O4/c26-19-10-14-21(15-11-19)32-20-12-8-18(9-13-20)25(31,17-5-2-1-3-6-17)24(30)28-16-4-7-22(28)23(27)29/h1-3,5-6,8-15,22,31H,4,7,16H2,(H2,27,29)/t22?,25-/m1/s1. The molecular formula is C25H23FN2O4. The van der Waals surface area contributed by atoms with Gasteiger partial charge in [-0.15, -0.1) is 0 Å². The Morgan fingerprint density at radius 3 is 2.09 bits per heavy atom. The molecule has 1 heterocycles. The van der Waals surface area contributed by atoms with E-state index in [1.807, 2.05) is 0 Å². The molecule has 0 bridgehead atoms. The Bertz CT molecular complexity index is 1100. The van der Waals surface area contributed by atoms with E-state index in [1.165, 1.54) is 29.2 Å². The van der Waals surface area contributed by atoms with Gasteiger partial charge in [0.2, 0.25) is 5.91 Å². The Morgan fingerprint density at radius 1 is 0.938 bits per heavy atom. The molecule has 1 saturated heterocycles. The molecule has 0 radical (unpaired) electrons. The zero-order valence-electron chi connectivity index (χ0n) is 17.3. The number of carbonyl (C=O) groups is 2. The number of aliphatic hydroxyl groups is 1. The highest BCUT2D eigenvalue weighted by atomic mass is 19.1. The number of rotatable bonds is 6. The van der Waals surface area contributed by atoms with Gasteiger partial charge in [0.05, 0.1) is 0 Å². The molecule has 0 saturated carbocycles. The fraction of sp³-hybridized carbons (Fsp3) is 0.200. The van der Waals surface area contributed by atoms with Crippen molar-refractivity contribution in [1.82, 2.24) is 4.90 Å². The van der Waals surface area contributed by atoms with Crippen LogP contribution in [0.25, 0.3) is 0 Å². The van der Waals surface area contributed by atoms with Gasteiger partial charge in [-0.25, -0.2) is 4.39 Å². The van der Waals surface area contributed by atoms with Crippen molar-refractivity contribution in [2.45, 2.75) is 24.5 Å². The lowest BCUT2D eigenvalue weighted by Crippen LogP contribution is -2.52. The van der Waals surface area contributed by atoms with Gasteiger partial charge in [-0.1, -0.05) is 42.5 Å². The van der Waals surface area contributed by atoms with Crippen molar-refractivity contribution < 1.29 is 23.8 Å². The van der Waals surface area contributed by atoms with Crippen LogP contribution in [-0.2, 0) is 15.2 Å². The highest BCUT2D eigenvalue weighted by Gasteiger charge is 2.46.